The highest BCUT2D eigenvalue weighted by molar-refractivity contribution is 5.94. The average Bonchev–Trinajstić information content (AvgIpc) is 2.84. The molecule has 1 amide bonds. The van der Waals surface area contributed by atoms with E-state index in [1.54, 1.807) is 6.20 Å². The van der Waals surface area contributed by atoms with Crippen molar-refractivity contribution in [3.8, 4) is 0 Å². The summed E-state index contributed by atoms with van der Waals surface area (Å²) in [4.78, 5) is 22.3. The van der Waals surface area contributed by atoms with Gasteiger partial charge in [-0.1, -0.05) is 43.5 Å². The zero-order chi connectivity index (χ0) is 21.0. The average molecular weight is 419 g/mol. The molecule has 2 aliphatic heterocycles. The molecule has 0 spiro atoms. The first kappa shape index (κ1) is 20.5. The molecule has 1 saturated heterocycles. The molecular weight excluding hydrogens is 384 g/mol. The number of carbonyl (C=O) groups excluding carboxylic acids is 1. The first-order valence-corrected chi connectivity index (χ1v) is 12.1. The molecule has 5 rings (SSSR count). The van der Waals surface area contributed by atoms with Crippen LogP contribution in [-0.4, -0.2) is 52.4 Å². The van der Waals surface area contributed by atoms with Gasteiger partial charge in [-0.15, -0.1) is 0 Å². The standard InChI is InChI=1S/C26H34N4O/c31-26(21-10-14-27-25(18-21)28-23-8-2-1-3-9-23)29-16-12-24(13-17-29)30-15-11-20-6-4-5-7-22(20)19-30/h4-7,10,14,18,23-24H,1-3,8-9,11-13,15-17,19H2,(H,27,28). The van der Waals surface area contributed by atoms with Crippen molar-refractivity contribution in [1.29, 1.82) is 0 Å². The van der Waals surface area contributed by atoms with Gasteiger partial charge in [-0.05, 0) is 55.4 Å². The zero-order valence-electron chi connectivity index (χ0n) is 18.4. The summed E-state index contributed by atoms with van der Waals surface area (Å²) in [5.41, 5.74) is 3.74. The summed E-state index contributed by atoms with van der Waals surface area (Å²) in [5, 5.41) is 3.55. The molecule has 1 N–H and O–H groups in total. The number of nitrogens with zero attached hydrogens (tertiary/aromatic N) is 3. The van der Waals surface area contributed by atoms with Crippen LogP contribution < -0.4 is 5.32 Å². The predicted molar refractivity (Wildman–Crippen MR) is 124 cm³/mol. The SMILES string of the molecule is O=C(c1ccnc(NC2CCCCC2)c1)N1CCC(N2CCc3ccccc3C2)CC1. The summed E-state index contributed by atoms with van der Waals surface area (Å²) in [5.74, 6) is 0.996. The van der Waals surface area contributed by atoms with Crippen LogP contribution in [0.5, 0.6) is 0 Å². The molecule has 1 aromatic carbocycles. The number of fused-ring (bicyclic) bond motifs is 1. The first-order chi connectivity index (χ1) is 15.3. The number of pyridine rings is 1. The van der Waals surface area contributed by atoms with Crippen LogP contribution in [-0.2, 0) is 13.0 Å². The van der Waals surface area contributed by atoms with Gasteiger partial charge in [-0.25, -0.2) is 4.98 Å². The second-order valence-corrected chi connectivity index (χ2v) is 9.42. The Morgan fingerprint density at radius 1 is 0.935 bits per heavy atom. The van der Waals surface area contributed by atoms with Crippen LogP contribution in [0.3, 0.4) is 0 Å². The molecule has 0 atom stereocenters. The van der Waals surface area contributed by atoms with Crippen LogP contribution in [0.25, 0.3) is 0 Å². The van der Waals surface area contributed by atoms with Crippen LogP contribution in [0.15, 0.2) is 42.6 Å². The molecule has 1 aliphatic carbocycles. The maximum atomic E-state index is 13.1. The number of aromatic nitrogens is 1. The quantitative estimate of drug-likeness (QED) is 0.795. The summed E-state index contributed by atoms with van der Waals surface area (Å²) in [6.45, 7) is 3.87. The van der Waals surface area contributed by atoms with E-state index in [-0.39, 0.29) is 5.91 Å². The third-order valence-corrected chi connectivity index (χ3v) is 7.39. The molecule has 2 fully saturated rings. The summed E-state index contributed by atoms with van der Waals surface area (Å²) < 4.78 is 0. The second kappa shape index (κ2) is 9.39. The topological polar surface area (TPSA) is 48.5 Å². The van der Waals surface area contributed by atoms with E-state index < -0.39 is 0 Å². The molecule has 1 saturated carbocycles. The minimum Gasteiger partial charge on any atom is -0.367 e. The number of nitrogens with one attached hydrogen (secondary N) is 1. The zero-order valence-corrected chi connectivity index (χ0v) is 18.4. The van der Waals surface area contributed by atoms with Crippen LogP contribution in [0.4, 0.5) is 5.82 Å². The molecule has 0 bridgehead atoms. The van der Waals surface area contributed by atoms with Crippen molar-refractivity contribution < 1.29 is 4.79 Å². The molecule has 1 aromatic heterocycles. The number of hydrogen-bond donors (Lipinski definition) is 1. The number of amides is 1. The highest BCUT2D eigenvalue weighted by Crippen LogP contribution is 2.26. The van der Waals surface area contributed by atoms with Crippen LogP contribution in [0.2, 0.25) is 0 Å². The molecule has 5 heteroatoms. The molecule has 3 aliphatic rings. The maximum Gasteiger partial charge on any atom is 0.254 e. The van der Waals surface area contributed by atoms with E-state index in [0.717, 1.165) is 56.8 Å². The Labute approximate surface area is 185 Å². The molecular formula is C26H34N4O. The number of rotatable bonds is 4. The normalized spacial score (nSPS) is 21.0. The fourth-order valence-electron chi connectivity index (χ4n) is 5.54. The van der Waals surface area contributed by atoms with Gasteiger partial charge in [0.05, 0.1) is 0 Å². The van der Waals surface area contributed by atoms with E-state index >= 15 is 0 Å². The van der Waals surface area contributed by atoms with E-state index in [1.807, 2.05) is 17.0 Å². The Morgan fingerprint density at radius 2 is 1.71 bits per heavy atom. The third kappa shape index (κ3) is 4.77. The minimum absolute atomic E-state index is 0.150. The van der Waals surface area contributed by atoms with Crippen LogP contribution >= 0.6 is 0 Å². The van der Waals surface area contributed by atoms with Gasteiger partial charge >= 0.3 is 0 Å². The van der Waals surface area contributed by atoms with Crippen LogP contribution in [0.1, 0.15) is 66.4 Å². The van der Waals surface area contributed by atoms with E-state index in [2.05, 4.69) is 39.5 Å². The van der Waals surface area contributed by atoms with E-state index in [1.165, 1.54) is 43.2 Å². The number of hydrogen-bond acceptors (Lipinski definition) is 4. The van der Waals surface area contributed by atoms with E-state index in [0.29, 0.717) is 12.1 Å². The minimum atomic E-state index is 0.150. The van der Waals surface area contributed by atoms with Crippen molar-refractivity contribution in [2.24, 2.45) is 0 Å². The van der Waals surface area contributed by atoms with Crippen molar-refractivity contribution in [1.82, 2.24) is 14.8 Å². The lowest BCUT2D eigenvalue weighted by atomic mass is 9.95. The molecule has 5 nitrogen and oxygen atoms in total. The third-order valence-electron chi connectivity index (χ3n) is 7.39. The first-order valence-electron chi connectivity index (χ1n) is 12.1. The molecule has 0 radical (unpaired) electrons. The Hall–Kier alpha value is -2.40. The fraction of sp³-hybridized carbons (Fsp3) is 0.538. The highest BCUT2D eigenvalue weighted by Gasteiger charge is 2.29. The van der Waals surface area contributed by atoms with E-state index in [9.17, 15) is 4.79 Å². The maximum absolute atomic E-state index is 13.1. The van der Waals surface area contributed by atoms with Crippen molar-refractivity contribution in [3.05, 3.63) is 59.3 Å². The van der Waals surface area contributed by atoms with Gasteiger partial charge in [0.15, 0.2) is 0 Å². The summed E-state index contributed by atoms with van der Waals surface area (Å²) in [6.07, 6.45) is 11.4. The lowest BCUT2D eigenvalue weighted by Crippen LogP contribution is -2.48. The summed E-state index contributed by atoms with van der Waals surface area (Å²) >= 11 is 0. The predicted octanol–water partition coefficient (Wildman–Crippen LogP) is 4.49. The smallest absolute Gasteiger partial charge is 0.254 e. The van der Waals surface area contributed by atoms with Crippen molar-refractivity contribution in [2.75, 3.05) is 25.0 Å². The molecule has 2 aromatic rings. The number of carbonyl (C=O) groups is 1. The van der Waals surface area contributed by atoms with Gasteiger partial charge < -0.3 is 10.2 Å². The number of anilines is 1. The summed E-state index contributed by atoms with van der Waals surface area (Å²) in [6, 6.07) is 13.7. The van der Waals surface area contributed by atoms with Crippen molar-refractivity contribution >= 4 is 11.7 Å². The van der Waals surface area contributed by atoms with Crippen LogP contribution in [0, 0.1) is 0 Å². The Morgan fingerprint density at radius 3 is 2.52 bits per heavy atom. The highest BCUT2D eigenvalue weighted by atomic mass is 16.2. The largest absolute Gasteiger partial charge is 0.367 e. The number of benzene rings is 1. The van der Waals surface area contributed by atoms with Gasteiger partial charge in [0.2, 0.25) is 0 Å². The van der Waals surface area contributed by atoms with Gasteiger partial charge in [0, 0.05) is 50.0 Å². The fourth-order valence-corrected chi connectivity index (χ4v) is 5.54. The number of piperidine rings is 1. The van der Waals surface area contributed by atoms with Crippen molar-refractivity contribution in [3.63, 3.8) is 0 Å². The van der Waals surface area contributed by atoms with Gasteiger partial charge in [-0.3, -0.25) is 9.69 Å². The summed E-state index contributed by atoms with van der Waals surface area (Å²) in [7, 11) is 0. The lowest BCUT2D eigenvalue weighted by molar-refractivity contribution is 0.0599. The Kier molecular flexibility index (Phi) is 6.21. The molecule has 0 unspecified atom stereocenters. The molecule has 3 heterocycles. The molecule has 164 valence electrons. The lowest BCUT2D eigenvalue weighted by Gasteiger charge is -2.40. The van der Waals surface area contributed by atoms with E-state index in [4.69, 9.17) is 0 Å². The molecule has 31 heavy (non-hydrogen) atoms. The van der Waals surface area contributed by atoms with Gasteiger partial charge in [0.25, 0.3) is 5.91 Å². The number of likely N-dealkylation sites (tertiary alicyclic amines) is 1. The van der Waals surface area contributed by atoms with Gasteiger partial charge in [0.1, 0.15) is 5.82 Å². The van der Waals surface area contributed by atoms with Gasteiger partial charge in [-0.2, -0.15) is 0 Å². The second-order valence-electron chi connectivity index (χ2n) is 9.42. The monoisotopic (exact) mass is 418 g/mol. The Bertz CT molecular complexity index is 900. The van der Waals surface area contributed by atoms with Crippen molar-refractivity contribution in [2.45, 2.75) is 70.0 Å². The Balaban J connectivity index is 1.16.